The van der Waals surface area contributed by atoms with E-state index in [2.05, 4.69) is 16.3 Å². The molecule has 1 unspecified atom stereocenters. The molecule has 0 spiro atoms. The van der Waals surface area contributed by atoms with Crippen LogP contribution in [0.1, 0.15) is 6.42 Å². The summed E-state index contributed by atoms with van der Waals surface area (Å²) in [7, 11) is 0. The summed E-state index contributed by atoms with van der Waals surface area (Å²) < 4.78 is 0. The molecule has 5 nitrogen and oxygen atoms in total. The summed E-state index contributed by atoms with van der Waals surface area (Å²) in [6, 6.07) is 7.83. The van der Waals surface area contributed by atoms with E-state index in [1.54, 1.807) is 11.1 Å². The van der Waals surface area contributed by atoms with E-state index in [1.807, 2.05) is 18.2 Å². The van der Waals surface area contributed by atoms with E-state index in [1.165, 1.54) is 0 Å². The van der Waals surface area contributed by atoms with Gasteiger partial charge in [0.05, 0.1) is 23.7 Å². The Morgan fingerprint density at radius 2 is 2.41 bits per heavy atom. The Hall–Kier alpha value is -2.35. The molecule has 1 aromatic heterocycles. The molecular weight excluding hydrogens is 216 g/mol. The van der Waals surface area contributed by atoms with Gasteiger partial charge in [-0.05, 0) is 18.2 Å². The van der Waals surface area contributed by atoms with Gasteiger partial charge in [0.2, 0.25) is 5.91 Å². The quantitative estimate of drug-likeness (QED) is 0.799. The number of carbonyl (C=O) groups is 1. The predicted octanol–water partition coefficient (Wildman–Crippen LogP) is 1.44. The van der Waals surface area contributed by atoms with E-state index < -0.39 is 0 Å². The van der Waals surface area contributed by atoms with Crippen LogP contribution >= 0.6 is 0 Å². The number of nitrogens with one attached hydrogen (secondary N) is 1. The summed E-state index contributed by atoms with van der Waals surface area (Å²) >= 11 is 0. The van der Waals surface area contributed by atoms with Gasteiger partial charge < -0.3 is 4.90 Å². The third-order valence-corrected chi connectivity index (χ3v) is 3.04. The van der Waals surface area contributed by atoms with Crippen molar-refractivity contribution in [3.8, 4) is 6.07 Å². The van der Waals surface area contributed by atoms with Crippen LogP contribution in [0.15, 0.2) is 24.4 Å². The fraction of sp³-hybridized carbons (Fsp3) is 0.250. The Balaban J connectivity index is 1.98. The van der Waals surface area contributed by atoms with Crippen molar-refractivity contribution in [2.75, 3.05) is 11.4 Å². The molecule has 0 aliphatic carbocycles. The van der Waals surface area contributed by atoms with Crippen LogP contribution in [0.25, 0.3) is 10.9 Å². The molecule has 17 heavy (non-hydrogen) atoms. The number of anilines is 1. The summed E-state index contributed by atoms with van der Waals surface area (Å²) in [5.41, 5.74) is 1.72. The number of hydrogen-bond acceptors (Lipinski definition) is 3. The number of aromatic nitrogens is 2. The summed E-state index contributed by atoms with van der Waals surface area (Å²) in [5, 5.41) is 16.7. The fourth-order valence-electron chi connectivity index (χ4n) is 2.14. The fourth-order valence-corrected chi connectivity index (χ4v) is 2.14. The molecule has 0 bridgehead atoms. The first kappa shape index (κ1) is 9.85. The van der Waals surface area contributed by atoms with E-state index in [9.17, 15) is 4.79 Å². The second kappa shape index (κ2) is 3.59. The molecule has 5 heteroatoms. The van der Waals surface area contributed by atoms with Gasteiger partial charge in [0, 0.05) is 24.0 Å². The van der Waals surface area contributed by atoms with Crippen molar-refractivity contribution in [3.63, 3.8) is 0 Å². The maximum atomic E-state index is 11.8. The molecule has 1 N–H and O–H groups in total. The first-order valence-corrected chi connectivity index (χ1v) is 5.41. The molecule has 1 aliphatic rings. The lowest BCUT2D eigenvalue weighted by molar-refractivity contribution is -0.117. The molecule has 0 saturated carbocycles. The number of hydrogen-bond donors (Lipinski definition) is 1. The van der Waals surface area contributed by atoms with Crippen molar-refractivity contribution < 1.29 is 4.79 Å². The summed E-state index contributed by atoms with van der Waals surface area (Å²) in [6.45, 7) is 0.481. The lowest BCUT2D eigenvalue weighted by Crippen LogP contribution is -2.24. The average molecular weight is 226 g/mol. The van der Waals surface area contributed by atoms with Crippen molar-refractivity contribution in [3.05, 3.63) is 24.4 Å². The van der Waals surface area contributed by atoms with Gasteiger partial charge in [-0.3, -0.25) is 9.89 Å². The van der Waals surface area contributed by atoms with Gasteiger partial charge in [-0.1, -0.05) is 0 Å². The molecule has 1 aromatic carbocycles. The van der Waals surface area contributed by atoms with Crippen molar-refractivity contribution in [1.82, 2.24) is 10.2 Å². The highest BCUT2D eigenvalue weighted by Crippen LogP contribution is 2.26. The highest BCUT2D eigenvalue weighted by atomic mass is 16.2. The number of nitriles is 1. The Labute approximate surface area is 97.6 Å². The number of benzene rings is 1. The van der Waals surface area contributed by atoms with Crippen LogP contribution in [0.3, 0.4) is 0 Å². The van der Waals surface area contributed by atoms with Crippen LogP contribution in [0.4, 0.5) is 5.69 Å². The number of nitrogens with zero attached hydrogens (tertiary/aromatic N) is 3. The van der Waals surface area contributed by atoms with Gasteiger partial charge in [0.1, 0.15) is 0 Å². The third kappa shape index (κ3) is 1.54. The van der Waals surface area contributed by atoms with Crippen molar-refractivity contribution >= 4 is 22.5 Å². The predicted molar refractivity (Wildman–Crippen MR) is 62.2 cm³/mol. The van der Waals surface area contributed by atoms with Gasteiger partial charge in [0.15, 0.2) is 0 Å². The number of aromatic amines is 1. The minimum Gasteiger partial charge on any atom is -0.311 e. The van der Waals surface area contributed by atoms with Gasteiger partial charge >= 0.3 is 0 Å². The number of fused-ring (bicyclic) bond motifs is 1. The number of carbonyl (C=O) groups excluding carboxylic acids is 1. The van der Waals surface area contributed by atoms with E-state index in [-0.39, 0.29) is 11.8 Å². The molecule has 84 valence electrons. The van der Waals surface area contributed by atoms with Crippen molar-refractivity contribution in [2.45, 2.75) is 6.42 Å². The maximum absolute atomic E-state index is 11.8. The van der Waals surface area contributed by atoms with E-state index in [4.69, 9.17) is 5.26 Å². The highest BCUT2D eigenvalue weighted by molar-refractivity contribution is 5.97. The Morgan fingerprint density at radius 1 is 1.53 bits per heavy atom. The van der Waals surface area contributed by atoms with Gasteiger partial charge in [-0.15, -0.1) is 0 Å². The largest absolute Gasteiger partial charge is 0.311 e. The van der Waals surface area contributed by atoms with Crippen LogP contribution in [0, 0.1) is 17.2 Å². The zero-order valence-electron chi connectivity index (χ0n) is 9.05. The van der Waals surface area contributed by atoms with E-state index >= 15 is 0 Å². The van der Waals surface area contributed by atoms with Crippen LogP contribution in [0.2, 0.25) is 0 Å². The number of rotatable bonds is 1. The molecule has 1 fully saturated rings. The average Bonchev–Trinajstić information content (AvgIpc) is 2.93. The first-order chi connectivity index (χ1) is 8.28. The van der Waals surface area contributed by atoms with Crippen molar-refractivity contribution in [2.24, 2.45) is 5.92 Å². The van der Waals surface area contributed by atoms with Gasteiger partial charge in [0.25, 0.3) is 0 Å². The number of H-pyrrole nitrogens is 1. The van der Waals surface area contributed by atoms with Gasteiger partial charge in [-0.2, -0.15) is 10.4 Å². The van der Waals surface area contributed by atoms with E-state index in [0.717, 1.165) is 16.6 Å². The molecule has 1 saturated heterocycles. The van der Waals surface area contributed by atoms with Crippen LogP contribution in [0.5, 0.6) is 0 Å². The van der Waals surface area contributed by atoms with Crippen LogP contribution in [-0.4, -0.2) is 22.6 Å². The van der Waals surface area contributed by atoms with Crippen molar-refractivity contribution in [1.29, 1.82) is 5.26 Å². The third-order valence-electron chi connectivity index (χ3n) is 3.04. The molecule has 1 amide bonds. The minimum atomic E-state index is -0.194. The molecule has 3 rings (SSSR count). The maximum Gasteiger partial charge on any atom is 0.228 e. The first-order valence-electron chi connectivity index (χ1n) is 5.41. The topological polar surface area (TPSA) is 72.8 Å². The lowest BCUT2D eigenvalue weighted by Gasteiger charge is -2.15. The van der Waals surface area contributed by atoms with Gasteiger partial charge in [-0.25, -0.2) is 0 Å². The normalized spacial score (nSPS) is 19.8. The molecule has 1 atom stereocenters. The highest BCUT2D eigenvalue weighted by Gasteiger charge is 2.30. The minimum absolute atomic E-state index is 0.00964. The molecule has 1 aliphatic heterocycles. The summed E-state index contributed by atoms with van der Waals surface area (Å²) in [6.07, 6.45) is 2.06. The zero-order chi connectivity index (χ0) is 11.8. The second-order valence-electron chi connectivity index (χ2n) is 4.18. The standard InChI is InChI=1S/C12H10N4O/c13-5-8-3-12(17)16(7-8)10-2-1-9-6-14-15-11(9)4-10/h1-2,4,6,8H,3,7H2,(H,14,15). The van der Waals surface area contributed by atoms with Crippen LogP contribution in [-0.2, 0) is 4.79 Å². The smallest absolute Gasteiger partial charge is 0.228 e. The second-order valence-corrected chi connectivity index (χ2v) is 4.18. The Morgan fingerprint density at radius 3 is 3.18 bits per heavy atom. The molecule has 0 radical (unpaired) electrons. The molecular formula is C12H10N4O. The summed E-state index contributed by atoms with van der Waals surface area (Å²) in [5.74, 6) is -0.185. The van der Waals surface area contributed by atoms with Crippen LogP contribution < -0.4 is 4.90 Å². The monoisotopic (exact) mass is 226 g/mol. The van der Waals surface area contributed by atoms with E-state index in [0.29, 0.717) is 13.0 Å². The Bertz CT molecular complexity index is 625. The zero-order valence-corrected chi connectivity index (χ0v) is 9.05. The Kier molecular flexibility index (Phi) is 2.08. The molecule has 2 heterocycles. The molecule has 2 aromatic rings. The SMILES string of the molecule is N#CC1CC(=O)N(c2ccc3cn[nH]c3c2)C1. The number of amides is 1. The lowest BCUT2D eigenvalue weighted by atomic mass is 10.1. The summed E-state index contributed by atoms with van der Waals surface area (Å²) in [4.78, 5) is 13.4.